The van der Waals surface area contributed by atoms with Gasteiger partial charge < -0.3 is 14.5 Å². The Kier molecular flexibility index (Phi) is 7.18. The first-order valence-electron chi connectivity index (χ1n) is 10.7. The van der Waals surface area contributed by atoms with Gasteiger partial charge in [0.1, 0.15) is 32.7 Å². The van der Waals surface area contributed by atoms with Crippen molar-refractivity contribution in [1.29, 1.82) is 0 Å². The summed E-state index contributed by atoms with van der Waals surface area (Å²) in [5.41, 5.74) is 0. The summed E-state index contributed by atoms with van der Waals surface area (Å²) in [4.78, 5) is 15.2. The van der Waals surface area contributed by atoms with Gasteiger partial charge in [0.15, 0.2) is 6.04 Å². The number of hydrogen-bond acceptors (Lipinski definition) is 5. The van der Waals surface area contributed by atoms with Crippen molar-refractivity contribution in [2.24, 2.45) is 5.92 Å². The number of quaternary nitrogens is 2. The number of piperazine rings is 1. The molecule has 0 bridgehead atoms. The van der Waals surface area contributed by atoms with E-state index in [1.165, 1.54) is 45.2 Å². The molecule has 0 aromatic carbocycles. The average Bonchev–Trinajstić information content (AvgIpc) is 3.10. The average molecular weight is 381 g/mol. The molecule has 1 saturated heterocycles. The third kappa shape index (κ3) is 5.04. The monoisotopic (exact) mass is 380 g/mol. The Morgan fingerprint density at radius 2 is 1.89 bits per heavy atom. The Hall–Kier alpha value is -1.54. The summed E-state index contributed by atoms with van der Waals surface area (Å²) in [6.07, 6.45) is 7.02. The van der Waals surface area contributed by atoms with Crippen molar-refractivity contribution in [3.05, 3.63) is 5.82 Å². The third-order valence-electron chi connectivity index (χ3n) is 6.25. The number of nitrogens with one attached hydrogen (secondary N) is 2. The van der Waals surface area contributed by atoms with E-state index in [4.69, 9.17) is 4.74 Å². The SMILES string of the molecule is CCOC(=O)Cn1nnnc1[C@@H](C(C)C)[NH+]1CC[NH+](C2CCCCC2)CC1. The Morgan fingerprint density at radius 1 is 1.19 bits per heavy atom. The minimum atomic E-state index is -0.282. The van der Waals surface area contributed by atoms with Crippen LogP contribution in [0.25, 0.3) is 0 Å². The topological polar surface area (TPSA) is 78.8 Å². The molecular weight excluding hydrogens is 344 g/mol. The van der Waals surface area contributed by atoms with Crippen molar-refractivity contribution < 1.29 is 19.3 Å². The highest BCUT2D eigenvalue weighted by Crippen LogP contribution is 2.17. The molecule has 0 unspecified atom stereocenters. The van der Waals surface area contributed by atoms with E-state index in [9.17, 15) is 4.79 Å². The summed E-state index contributed by atoms with van der Waals surface area (Å²) in [6, 6.07) is 1.08. The van der Waals surface area contributed by atoms with Gasteiger partial charge in [-0.05, 0) is 43.0 Å². The third-order valence-corrected chi connectivity index (χ3v) is 6.25. The van der Waals surface area contributed by atoms with Gasteiger partial charge in [-0.3, -0.25) is 4.79 Å². The lowest BCUT2D eigenvalue weighted by molar-refractivity contribution is -1.04. The van der Waals surface area contributed by atoms with Crippen LogP contribution in [0.2, 0.25) is 0 Å². The van der Waals surface area contributed by atoms with E-state index in [0.717, 1.165) is 25.0 Å². The van der Waals surface area contributed by atoms with Gasteiger partial charge in [0.05, 0.1) is 12.6 Å². The number of nitrogens with zero attached hydrogens (tertiary/aromatic N) is 4. The van der Waals surface area contributed by atoms with Crippen LogP contribution in [0.3, 0.4) is 0 Å². The molecule has 2 fully saturated rings. The second-order valence-corrected chi connectivity index (χ2v) is 8.37. The maximum Gasteiger partial charge on any atom is 0.327 e. The van der Waals surface area contributed by atoms with Crippen LogP contribution in [-0.2, 0) is 16.1 Å². The molecule has 3 rings (SSSR count). The Labute approximate surface area is 162 Å². The summed E-state index contributed by atoms with van der Waals surface area (Å²) >= 11 is 0. The molecule has 1 aliphatic heterocycles. The minimum Gasteiger partial charge on any atom is -0.465 e. The number of esters is 1. The Morgan fingerprint density at radius 3 is 2.52 bits per heavy atom. The standard InChI is InChI=1S/C19H34N6O2/c1-4-27-17(26)14-25-19(20-21-22-25)18(15(2)3)24-12-10-23(11-13-24)16-8-6-5-7-9-16/h15-16,18H,4-14H2,1-3H3/p+2/t18-/m1/s1. The van der Waals surface area contributed by atoms with Crippen molar-refractivity contribution in [2.45, 2.75) is 71.5 Å². The molecule has 2 aliphatic rings. The molecule has 1 aromatic rings. The maximum absolute atomic E-state index is 11.9. The molecule has 152 valence electrons. The molecule has 0 spiro atoms. The highest BCUT2D eigenvalue weighted by molar-refractivity contribution is 5.69. The molecule has 8 heteroatoms. The van der Waals surface area contributed by atoms with E-state index < -0.39 is 0 Å². The van der Waals surface area contributed by atoms with Crippen LogP contribution in [0, 0.1) is 5.92 Å². The molecule has 27 heavy (non-hydrogen) atoms. The highest BCUT2D eigenvalue weighted by atomic mass is 16.5. The molecule has 2 N–H and O–H groups in total. The van der Waals surface area contributed by atoms with Crippen LogP contribution in [-0.4, -0.2) is 65.0 Å². The molecule has 1 aromatic heterocycles. The van der Waals surface area contributed by atoms with Gasteiger partial charge in [-0.15, -0.1) is 5.10 Å². The number of aromatic nitrogens is 4. The van der Waals surface area contributed by atoms with Crippen LogP contribution in [0.4, 0.5) is 0 Å². The molecular formula is C19H36N6O2+2. The zero-order valence-corrected chi connectivity index (χ0v) is 17.1. The number of carbonyl (C=O) groups excluding carboxylic acids is 1. The number of rotatable bonds is 7. The summed E-state index contributed by atoms with van der Waals surface area (Å²) in [5.74, 6) is 0.937. The molecule has 1 aliphatic carbocycles. The summed E-state index contributed by atoms with van der Waals surface area (Å²) in [7, 11) is 0. The molecule has 0 amide bonds. The first-order valence-corrected chi connectivity index (χ1v) is 10.7. The van der Waals surface area contributed by atoms with Gasteiger partial charge in [-0.2, -0.15) is 0 Å². The van der Waals surface area contributed by atoms with Crippen LogP contribution in [0.15, 0.2) is 0 Å². The van der Waals surface area contributed by atoms with Crippen molar-refractivity contribution in [3.63, 3.8) is 0 Å². The van der Waals surface area contributed by atoms with Crippen LogP contribution in [0.1, 0.15) is 64.7 Å². The maximum atomic E-state index is 11.9. The van der Waals surface area contributed by atoms with Gasteiger partial charge in [-0.25, -0.2) is 4.68 Å². The number of tetrazole rings is 1. The van der Waals surface area contributed by atoms with E-state index in [0.29, 0.717) is 12.5 Å². The van der Waals surface area contributed by atoms with Crippen LogP contribution < -0.4 is 9.80 Å². The fraction of sp³-hybridized carbons (Fsp3) is 0.895. The van der Waals surface area contributed by atoms with Crippen molar-refractivity contribution in [1.82, 2.24) is 20.2 Å². The van der Waals surface area contributed by atoms with Crippen molar-refractivity contribution in [2.75, 3.05) is 32.8 Å². The second-order valence-electron chi connectivity index (χ2n) is 8.37. The fourth-order valence-electron chi connectivity index (χ4n) is 4.95. The molecule has 1 saturated carbocycles. The van der Waals surface area contributed by atoms with E-state index in [1.807, 2.05) is 6.92 Å². The lowest BCUT2D eigenvalue weighted by atomic mass is 9.93. The van der Waals surface area contributed by atoms with E-state index >= 15 is 0 Å². The van der Waals surface area contributed by atoms with Crippen LogP contribution >= 0.6 is 0 Å². The Bertz CT molecular complexity index is 591. The first kappa shape index (κ1) is 20.2. The predicted molar refractivity (Wildman–Crippen MR) is 100 cm³/mol. The normalized spacial score (nSPS) is 25.5. The quantitative estimate of drug-likeness (QED) is 0.597. The van der Waals surface area contributed by atoms with Crippen molar-refractivity contribution >= 4 is 5.97 Å². The lowest BCUT2D eigenvalue weighted by Crippen LogP contribution is -3.30. The smallest absolute Gasteiger partial charge is 0.327 e. The Balaban J connectivity index is 1.65. The number of ether oxygens (including phenoxy) is 1. The zero-order chi connectivity index (χ0) is 19.2. The fourth-order valence-corrected chi connectivity index (χ4v) is 4.95. The van der Waals surface area contributed by atoms with Gasteiger partial charge in [0.2, 0.25) is 5.82 Å². The molecule has 0 radical (unpaired) electrons. The molecule has 1 atom stereocenters. The second kappa shape index (κ2) is 9.59. The summed E-state index contributed by atoms with van der Waals surface area (Å²) in [6.45, 7) is 11.5. The number of hydrogen-bond donors (Lipinski definition) is 2. The largest absolute Gasteiger partial charge is 0.465 e. The minimum absolute atomic E-state index is 0.0894. The van der Waals surface area contributed by atoms with Crippen LogP contribution in [0.5, 0.6) is 0 Å². The van der Waals surface area contributed by atoms with E-state index in [1.54, 1.807) is 14.5 Å². The molecule has 2 heterocycles. The summed E-state index contributed by atoms with van der Waals surface area (Å²) in [5, 5.41) is 12.2. The van der Waals surface area contributed by atoms with Gasteiger partial charge >= 0.3 is 5.97 Å². The predicted octanol–water partition coefficient (Wildman–Crippen LogP) is -0.951. The van der Waals surface area contributed by atoms with Crippen molar-refractivity contribution in [3.8, 4) is 0 Å². The van der Waals surface area contributed by atoms with Gasteiger partial charge in [-0.1, -0.05) is 20.3 Å². The lowest BCUT2D eigenvalue weighted by Gasteiger charge is -2.39. The van der Waals surface area contributed by atoms with E-state index in [-0.39, 0.29) is 18.6 Å². The number of carbonyl (C=O) groups is 1. The van der Waals surface area contributed by atoms with Gasteiger partial charge in [0.25, 0.3) is 0 Å². The highest BCUT2D eigenvalue weighted by Gasteiger charge is 2.38. The zero-order valence-electron chi connectivity index (χ0n) is 17.1. The summed E-state index contributed by atoms with van der Waals surface area (Å²) < 4.78 is 6.71. The molecule has 8 nitrogen and oxygen atoms in total. The van der Waals surface area contributed by atoms with Gasteiger partial charge in [0, 0.05) is 5.92 Å². The van der Waals surface area contributed by atoms with E-state index in [2.05, 4.69) is 29.4 Å². The first-order chi connectivity index (χ1) is 13.1.